The van der Waals surface area contributed by atoms with Crippen LogP contribution in [0.3, 0.4) is 0 Å². The van der Waals surface area contributed by atoms with Gasteiger partial charge < -0.3 is 9.80 Å². The van der Waals surface area contributed by atoms with Crippen molar-refractivity contribution in [2.75, 3.05) is 13.6 Å². The standard InChI is InChI=1S/C12H18N4O2/c1-9-12(18)16(10(2)11(17)14(9)3)8-7-15-6-4-5-13-15/h4-6,9-10H,7-8H2,1-3H3/t9-,10-/m0/s1. The predicted octanol–water partition coefficient (Wildman–Crippen LogP) is -0.0393. The molecule has 2 heterocycles. The van der Waals surface area contributed by atoms with Crippen LogP contribution in [-0.2, 0) is 16.1 Å². The van der Waals surface area contributed by atoms with Gasteiger partial charge >= 0.3 is 0 Å². The SMILES string of the molecule is C[C@H]1C(=O)N(CCn2cccn2)[C@@H](C)C(=O)N1C. The zero-order chi connectivity index (χ0) is 13.3. The summed E-state index contributed by atoms with van der Waals surface area (Å²) < 4.78 is 1.76. The molecule has 0 spiro atoms. The maximum atomic E-state index is 12.2. The number of hydrogen-bond donors (Lipinski definition) is 0. The first-order valence-corrected chi connectivity index (χ1v) is 6.07. The number of rotatable bonds is 3. The van der Waals surface area contributed by atoms with E-state index in [-0.39, 0.29) is 17.9 Å². The highest BCUT2D eigenvalue weighted by Crippen LogP contribution is 2.16. The smallest absolute Gasteiger partial charge is 0.245 e. The minimum absolute atomic E-state index is 0.00300. The molecule has 1 saturated heterocycles. The molecule has 6 heteroatoms. The van der Waals surface area contributed by atoms with Crippen LogP contribution in [0.1, 0.15) is 13.8 Å². The number of nitrogens with zero attached hydrogens (tertiary/aromatic N) is 4. The van der Waals surface area contributed by atoms with E-state index >= 15 is 0 Å². The fraction of sp³-hybridized carbons (Fsp3) is 0.583. The predicted molar refractivity (Wildman–Crippen MR) is 65.6 cm³/mol. The number of hydrogen-bond acceptors (Lipinski definition) is 3. The lowest BCUT2D eigenvalue weighted by Crippen LogP contribution is -2.62. The molecule has 0 aromatic carbocycles. The third-order valence-corrected chi connectivity index (χ3v) is 3.52. The molecule has 0 aliphatic carbocycles. The second kappa shape index (κ2) is 4.80. The Morgan fingerprint density at radius 2 is 1.89 bits per heavy atom. The van der Waals surface area contributed by atoms with Crippen molar-refractivity contribution in [3.8, 4) is 0 Å². The molecule has 0 unspecified atom stereocenters. The number of carbonyl (C=O) groups is 2. The highest BCUT2D eigenvalue weighted by atomic mass is 16.2. The average molecular weight is 250 g/mol. The highest BCUT2D eigenvalue weighted by Gasteiger charge is 2.39. The molecule has 1 aromatic rings. The first kappa shape index (κ1) is 12.6. The molecule has 1 aromatic heterocycles. The van der Waals surface area contributed by atoms with Crippen molar-refractivity contribution >= 4 is 11.8 Å². The fourth-order valence-corrected chi connectivity index (χ4v) is 2.16. The summed E-state index contributed by atoms with van der Waals surface area (Å²) in [6.45, 7) is 4.64. The van der Waals surface area contributed by atoms with Gasteiger partial charge in [-0.05, 0) is 19.9 Å². The average Bonchev–Trinajstić information content (AvgIpc) is 2.87. The third kappa shape index (κ3) is 2.10. The minimum atomic E-state index is -0.394. The molecule has 1 aliphatic rings. The van der Waals surface area contributed by atoms with Gasteiger partial charge in [-0.1, -0.05) is 0 Å². The quantitative estimate of drug-likeness (QED) is 0.756. The largest absolute Gasteiger partial charge is 0.332 e. The van der Waals surface area contributed by atoms with Gasteiger partial charge in [-0.3, -0.25) is 14.3 Å². The maximum absolute atomic E-state index is 12.2. The lowest BCUT2D eigenvalue weighted by atomic mass is 10.1. The van der Waals surface area contributed by atoms with Gasteiger partial charge in [0, 0.05) is 26.0 Å². The number of piperazine rings is 1. The molecule has 18 heavy (non-hydrogen) atoms. The molecule has 6 nitrogen and oxygen atoms in total. The van der Waals surface area contributed by atoms with E-state index in [9.17, 15) is 9.59 Å². The number of likely N-dealkylation sites (N-methyl/N-ethyl adjacent to an activating group) is 1. The van der Waals surface area contributed by atoms with Crippen molar-refractivity contribution in [3.05, 3.63) is 18.5 Å². The van der Waals surface area contributed by atoms with Crippen LogP contribution < -0.4 is 0 Å². The normalized spacial score (nSPS) is 24.8. The lowest BCUT2D eigenvalue weighted by molar-refractivity contribution is -0.158. The van der Waals surface area contributed by atoms with Gasteiger partial charge in [0.1, 0.15) is 12.1 Å². The van der Waals surface area contributed by atoms with Gasteiger partial charge in [0.15, 0.2) is 0 Å². The molecule has 2 atom stereocenters. The van der Waals surface area contributed by atoms with E-state index in [1.54, 1.807) is 36.7 Å². The number of aromatic nitrogens is 2. The molecular formula is C12H18N4O2. The summed E-state index contributed by atoms with van der Waals surface area (Å²) in [5.41, 5.74) is 0. The van der Waals surface area contributed by atoms with E-state index in [1.807, 2.05) is 12.3 Å². The maximum Gasteiger partial charge on any atom is 0.245 e. The van der Waals surface area contributed by atoms with Crippen LogP contribution >= 0.6 is 0 Å². The summed E-state index contributed by atoms with van der Waals surface area (Å²) in [4.78, 5) is 27.3. The Balaban J connectivity index is 2.06. The molecule has 2 rings (SSSR count). The number of amides is 2. The molecule has 1 aliphatic heterocycles. The van der Waals surface area contributed by atoms with Crippen LogP contribution in [0.25, 0.3) is 0 Å². The van der Waals surface area contributed by atoms with Crippen molar-refractivity contribution in [1.29, 1.82) is 0 Å². The van der Waals surface area contributed by atoms with E-state index in [1.165, 1.54) is 4.90 Å². The van der Waals surface area contributed by atoms with Gasteiger partial charge in [0.2, 0.25) is 11.8 Å². The Hall–Kier alpha value is -1.85. The zero-order valence-corrected chi connectivity index (χ0v) is 10.9. The topological polar surface area (TPSA) is 58.4 Å². The lowest BCUT2D eigenvalue weighted by Gasteiger charge is -2.41. The summed E-state index contributed by atoms with van der Waals surface area (Å²) >= 11 is 0. The summed E-state index contributed by atoms with van der Waals surface area (Å²) in [6, 6.07) is 1.06. The molecule has 98 valence electrons. The molecule has 1 fully saturated rings. The van der Waals surface area contributed by atoms with Gasteiger partial charge in [-0.15, -0.1) is 0 Å². The molecule has 0 saturated carbocycles. The van der Waals surface area contributed by atoms with Crippen molar-refractivity contribution in [1.82, 2.24) is 19.6 Å². The highest BCUT2D eigenvalue weighted by molar-refractivity contribution is 5.96. The van der Waals surface area contributed by atoms with E-state index < -0.39 is 6.04 Å². The number of carbonyl (C=O) groups excluding carboxylic acids is 2. The van der Waals surface area contributed by atoms with E-state index in [0.29, 0.717) is 13.1 Å². The van der Waals surface area contributed by atoms with Crippen LogP contribution in [0.15, 0.2) is 18.5 Å². The monoisotopic (exact) mass is 250 g/mol. The Morgan fingerprint density at radius 1 is 1.17 bits per heavy atom. The molecule has 0 radical (unpaired) electrons. The van der Waals surface area contributed by atoms with Gasteiger partial charge in [-0.2, -0.15) is 5.10 Å². The van der Waals surface area contributed by atoms with Crippen molar-refractivity contribution in [3.63, 3.8) is 0 Å². The van der Waals surface area contributed by atoms with E-state index in [4.69, 9.17) is 0 Å². The summed E-state index contributed by atoms with van der Waals surface area (Å²) in [6.07, 6.45) is 3.54. The first-order valence-electron chi connectivity index (χ1n) is 6.07. The minimum Gasteiger partial charge on any atom is -0.332 e. The van der Waals surface area contributed by atoms with Crippen molar-refractivity contribution in [2.45, 2.75) is 32.5 Å². The first-order chi connectivity index (χ1) is 8.52. The summed E-state index contributed by atoms with van der Waals surface area (Å²) in [5.74, 6) is -0.0145. The van der Waals surface area contributed by atoms with Crippen LogP contribution in [0.2, 0.25) is 0 Å². The van der Waals surface area contributed by atoms with Gasteiger partial charge in [0.05, 0.1) is 6.54 Å². The van der Waals surface area contributed by atoms with Crippen molar-refractivity contribution in [2.24, 2.45) is 0 Å². The Kier molecular flexibility index (Phi) is 3.36. The van der Waals surface area contributed by atoms with E-state index in [2.05, 4.69) is 5.10 Å². The van der Waals surface area contributed by atoms with Crippen molar-refractivity contribution < 1.29 is 9.59 Å². The molecule has 0 bridgehead atoms. The molecule has 0 N–H and O–H groups in total. The Labute approximate surface area is 106 Å². The zero-order valence-electron chi connectivity index (χ0n) is 10.9. The van der Waals surface area contributed by atoms with E-state index in [0.717, 1.165) is 0 Å². The van der Waals surface area contributed by atoms with Crippen LogP contribution in [-0.4, -0.2) is 57.1 Å². The molecule has 2 amide bonds. The third-order valence-electron chi connectivity index (χ3n) is 3.52. The van der Waals surface area contributed by atoms with Crippen LogP contribution in [0, 0.1) is 0 Å². The van der Waals surface area contributed by atoms with Crippen LogP contribution in [0.5, 0.6) is 0 Å². The molecular weight excluding hydrogens is 232 g/mol. The summed E-state index contributed by atoms with van der Waals surface area (Å²) in [7, 11) is 1.67. The van der Waals surface area contributed by atoms with Gasteiger partial charge in [0.25, 0.3) is 0 Å². The Bertz CT molecular complexity index is 443. The second-order valence-corrected chi connectivity index (χ2v) is 4.60. The second-order valence-electron chi connectivity index (χ2n) is 4.60. The fourth-order valence-electron chi connectivity index (χ4n) is 2.16. The summed E-state index contributed by atoms with van der Waals surface area (Å²) in [5, 5.41) is 4.09. The van der Waals surface area contributed by atoms with Gasteiger partial charge in [-0.25, -0.2) is 0 Å². The van der Waals surface area contributed by atoms with Crippen LogP contribution in [0.4, 0.5) is 0 Å². The Morgan fingerprint density at radius 3 is 2.50 bits per heavy atom.